The van der Waals surface area contributed by atoms with Crippen LogP contribution in [0.1, 0.15) is 71.6 Å². The smallest absolute Gasteiger partial charge is 0.245 e. The van der Waals surface area contributed by atoms with Gasteiger partial charge in [0.05, 0.1) is 5.84 Å². The first-order valence-corrected chi connectivity index (χ1v) is 12.7. The molecule has 4 amide bonds. The van der Waals surface area contributed by atoms with Crippen LogP contribution in [0, 0.1) is 0 Å². The first kappa shape index (κ1) is 31.3. The molecule has 0 aliphatic carbocycles. The lowest BCUT2D eigenvalue weighted by atomic mass is 10.1. The van der Waals surface area contributed by atoms with Crippen molar-refractivity contribution in [3.63, 3.8) is 0 Å². The molecule has 0 aromatic rings. The van der Waals surface area contributed by atoms with Gasteiger partial charge in [0, 0.05) is 32.0 Å². The molecule has 3 atom stereocenters. The second kappa shape index (κ2) is 16.8. The number of carbonyl (C=O) groups excluding carboxylic acids is 4. The second-order valence-electron chi connectivity index (χ2n) is 9.31. The Balaban J connectivity index is 2.88. The molecule has 0 saturated carbocycles. The normalized spacial score (nSPS) is 17.6. The Morgan fingerprint density at radius 3 is 2.28 bits per heavy atom. The number of rotatable bonds is 17. The van der Waals surface area contributed by atoms with Crippen molar-refractivity contribution in [2.24, 2.45) is 27.9 Å². The van der Waals surface area contributed by atoms with Crippen LogP contribution in [0.5, 0.6) is 0 Å². The van der Waals surface area contributed by atoms with Gasteiger partial charge < -0.3 is 38.5 Å². The van der Waals surface area contributed by atoms with E-state index in [1.807, 2.05) is 6.92 Å². The van der Waals surface area contributed by atoms with E-state index in [1.54, 1.807) is 11.8 Å². The number of amidine groups is 1. The Labute approximate surface area is 213 Å². The van der Waals surface area contributed by atoms with Crippen molar-refractivity contribution in [2.75, 3.05) is 19.6 Å². The SMILES string of the molecule is CC(N)=NCCCC(NC(=O)CCCC(N)=O)C(=O)NC(CCCNC(N)N)C(=O)N1CCCC1C. The van der Waals surface area contributed by atoms with Crippen molar-refractivity contribution in [2.45, 2.75) is 96.1 Å². The lowest BCUT2D eigenvalue weighted by molar-refractivity contribution is -0.138. The number of amides is 4. The van der Waals surface area contributed by atoms with E-state index in [9.17, 15) is 19.2 Å². The number of hydrogen-bond donors (Lipinski definition) is 7. The lowest BCUT2D eigenvalue weighted by Gasteiger charge is -2.29. The van der Waals surface area contributed by atoms with Gasteiger partial charge >= 0.3 is 0 Å². The van der Waals surface area contributed by atoms with E-state index in [0.717, 1.165) is 12.8 Å². The van der Waals surface area contributed by atoms with E-state index in [0.29, 0.717) is 51.2 Å². The third-order valence-electron chi connectivity index (χ3n) is 5.99. The summed E-state index contributed by atoms with van der Waals surface area (Å²) in [7, 11) is 0. The Kier molecular flexibility index (Phi) is 14.6. The van der Waals surface area contributed by atoms with Gasteiger partial charge in [-0.15, -0.1) is 0 Å². The highest BCUT2D eigenvalue weighted by molar-refractivity contribution is 5.92. The predicted molar refractivity (Wildman–Crippen MR) is 138 cm³/mol. The third-order valence-corrected chi connectivity index (χ3v) is 5.99. The van der Waals surface area contributed by atoms with Crippen LogP contribution >= 0.6 is 0 Å². The topological polar surface area (TPSA) is 224 Å². The maximum atomic E-state index is 13.3. The molecule has 1 heterocycles. The Morgan fingerprint density at radius 2 is 1.69 bits per heavy atom. The number of nitrogens with zero attached hydrogens (tertiary/aromatic N) is 2. The molecule has 1 fully saturated rings. The molecule has 36 heavy (non-hydrogen) atoms. The molecule has 0 spiro atoms. The molecule has 0 radical (unpaired) electrons. The molecular weight excluding hydrogens is 466 g/mol. The van der Waals surface area contributed by atoms with Crippen molar-refractivity contribution in [3.05, 3.63) is 0 Å². The van der Waals surface area contributed by atoms with Crippen LogP contribution in [0.2, 0.25) is 0 Å². The quantitative estimate of drug-likeness (QED) is 0.0517. The molecule has 0 aromatic carbocycles. The van der Waals surface area contributed by atoms with Crippen LogP contribution in [0.15, 0.2) is 4.99 Å². The highest BCUT2D eigenvalue weighted by Crippen LogP contribution is 2.18. The first-order valence-electron chi connectivity index (χ1n) is 12.7. The minimum atomic E-state index is -0.860. The van der Waals surface area contributed by atoms with Crippen LogP contribution in [0.3, 0.4) is 0 Å². The Bertz CT molecular complexity index is 756. The van der Waals surface area contributed by atoms with Crippen LogP contribution in [0.4, 0.5) is 0 Å². The second-order valence-corrected chi connectivity index (χ2v) is 9.31. The van der Waals surface area contributed by atoms with E-state index >= 15 is 0 Å². The summed E-state index contributed by atoms with van der Waals surface area (Å²) in [5, 5.41) is 8.49. The molecule has 13 nitrogen and oxygen atoms in total. The fraction of sp³-hybridized carbons (Fsp3) is 0.783. The monoisotopic (exact) mass is 511 g/mol. The van der Waals surface area contributed by atoms with E-state index in [4.69, 9.17) is 22.9 Å². The number of likely N-dealkylation sites (tertiary alicyclic amines) is 1. The van der Waals surface area contributed by atoms with Crippen LogP contribution in [0.25, 0.3) is 0 Å². The minimum absolute atomic E-state index is 0.0610. The molecule has 1 rings (SSSR count). The summed E-state index contributed by atoms with van der Waals surface area (Å²) < 4.78 is 0. The van der Waals surface area contributed by atoms with E-state index in [2.05, 4.69) is 20.9 Å². The number of carbonyl (C=O) groups is 4. The van der Waals surface area contributed by atoms with Gasteiger partial charge in [0.25, 0.3) is 0 Å². The van der Waals surface area contributed by atoms with E-state index in [1.165, 1.54) is 0 Å². The Hall–Kier alpha value is -2.77. The van der Waals surface area contributed by atoms with Gasteiger partial charge in [-0.3, -0.25) is 29.5 Å². The fourth-order valence-corrected chi connectivity index (χ4v) is 4.07. The zero-order chi connectivity index (χ0) is 27.1. The zero-order valence-corrected chi connectivity index (χ0v) is 21.6. The van der Waals surface area contributed by atoms with Gasteiger partial charge in [-0.25, -0.2) is 0 Å². The van der Waals surface area contributed by atoms with Gasteiger partial charge in [-0.1, -0.05) is 0 Å². The highest BCUT2D eigenvalue weighted by Gasteiger charge is 2.33. The van der Waals surface area contributed by atoms with Gasteiger partial charge in [0.15, 0.2) is 0 Å². The molecule has 1 saturated heterocycles. The summed E-state index contributed by atoms with van der Waals surface area (Å²) in [6, 6.07) is -1.50. The number of primary amides is 1. The number of aliphatic imine (C=N–C) groups is 1. The molecular formula is C23H45N9O4. The largest absolute Gasteiger partial charge is 0.388 e. The number of hydrogen-bond acceptors (Lipinski definition) is 8. The molecule has 206 valence electrons. The predicted octanol–water partition coefficient (Wildman–Crippen LogP) is -1.65. The van der Waals surface area contributed by atoms with Crippen LogP contribution in [-0.2, 0) is 19.2 Å². The fourth-order valence-electron chi connectivity index (χ4n) is 4.07. The van der Waals surface area contributed by atoms with Crippen LogP contribution < -0.4 is 38.9 Å². The number of nitrogens with two attached hydrogens (primary N) is 4. The standard InChI is InChI=1S/C23H45N9O4/c1-15-7-6-14-32(15)22(36)18(9-5-13-29-23(26)27)31-21(35)17(8-4-12-28-16(2)24)30-20(34)11-3-10-19(25)33/h15,17-18,23,29H,3-14,26-27H2,1-2H3,(H2,24,28)(H2,25,33)(H,30,34)(H,31,35). The van der Waals surface area contributed by atoms with E-state index < -0.39 is 30.2 Å². The average molecular weight is 512 g/mol. The van der Waals surface area contributed by atoms with Crippen molar-refractivity contribution < 1.29 is 19.2 Å². The van der Waals surface area contributed by atoms with Gasteiger partial charge in [0.2, 0.25) is 23.6 Å². The summed E-state index contributed by atoms with van der Waals surface area (Å²) in [5.74, 6) is -1.01. The van der Waals surface area contributed by atoms with Crippen molar-refractivity contribution in [1.29, 1.82) is 0 Å². The van der Waals surface area contributed by atoms with Crippen LogP contribution in [-0.4, -0.2) is 78.4 Å². The molecule has 0 aromatic heterocycles. The number of nitrogens with one attached hydrogen (secondary N) is 3. The molecule has 0 bridgehead atoms. The zero-order valence-electron chi connectivity index (χ0n) is 21.6. The third kappa shape index (κ3) is 12.8. The summed E-state index contributed by atoms with van der Waals surface area (Å²) in [6.45, 7) is 5.21. The summed E-state index contributed by atoms with van der Waals surface area (Å²) >= 11 is 0. The maximum absolute atomic E-state index is 13.3. The molecule has 1 aliphatic heterocycles. The molecule has 11 N–H and O–H groups in total. The van der Waals surface area contributed by atoms with Crippen molar-refractivity contribution >= 4 is 29.5 Å². The molecule has 3 unspecified atom stereocenters. The first-order chi connectivity index (χ1) is 17.0. The molecule has 13 heteroatoms. The summed E-state index contributed by atoms with van der Waals surface area (Å²) in [6.07, 6.45) is 3.39. The molecule has 1 aliphatic rings. The Morgan fingerprint density at radius 1 is 1.00 bits per heavy atom. The average Bonchev–Trinajstić information content (AvgIpc) is 3.22. The van der Waals surface area contributed by atoms with Crippen molar-refractivity contribution in [1.82, 2.24) is 20.9 Å². The lowest BCUT2D eigenvalue weighted by Crippen LogP contribution is -2.55. The van der Waals surface area contributed by atoms with Gasteiger partial charge in [-0.2, -0.15) is 0 Å². The van der Waals surface area contributed by atoms with Crippen molar-refractivity contribution in [3.8, 4) is 0 Å². The maximum Gasteiger partial charge on any atom is 0.245 e. The van der Waals surface area contributed by atoms with Gasteiger partial charge in [-0.05, 0) is 65.3 Å². The highest BCUT2D eigenvalue weighted by atomic mass is 16.2. The summed E-state index contributed by atoms with van der Waals surface area (Å²) in [4.78, 5) is 55.8. The summed E-state index contributed by atoms with van der Waals surface area (Å²) in [5.41, 5.74) is 21.7. The van der Waals surface area contributed by atoms with Gasteiger partial charge in [0.1, 0.15) is 18.4 Å². The minimum Gasteiger partial charge on any atom is -0.388 e. The van der Waals surface area contributed by atoms with E-state index in [-0.39, 0.29) is 37.1 Å².